The van der Waals surface area contributed by atoms with Crippen LogP contribution in [-0.2, 0) is 7.05 Å². The van der Waals surface area contributed by atoms with Crippen LogP contribution in [-0.4, -0.2) is 21.5 Å². The summed E-state index contributed by atoms with van der Waals surface area (Å²) < 4.78 is 1.78. The molecule has 0 aliphatic rings. The summed E-state index contributed by atoms with van der Waals surface area (Å²) in [5.41, 5.74) is 2.16. The molecule has 3 heteroatoms. The van der Waals surface area contributed by atoms with Gasteiger partial charge in [-0.15, -0.1) is 0 Å². The van der Waals surface area contributed by atoms with Crippen LogP contribution in [0.3, 0.4) is 0 Å². The molecular formula is C8H12N2O. The van der Waals surface area contributed by atoms with Crippen molar-refractivity contribution >= 4 is 6.08 Å². The quantitative estimate of drug-likeness (QED) is 0.678. The van der Waals surface area contributed by atoms with Gasteiger partial charge in [0, 0.05) is 7.05 Å². The van der Waals surface area contributed by atoms with Gasteiger partial charge in [0.1, 0.15) is 0 Å². The summed E-state index contributed by atoms with van der Waals surface area (Å²) in [6.07, 6.45) is 5.36. The van der Waals surface area contributed by atoms with Crippen LogP contribution in [0, 0.1) is 6.92 Å². The molecule has 60 valence electrons. The monoisotopic (exact) mass is 152 g/mol. The van der Waals surface area contributed by atoms with Crippen LogP contribution >= 0.6 is 0 Å². The first-order valence-electron chi connectivity index (χ1n) is 3.51. The third-order valence-corrected chi connectivity index (χ3v) is 1.56. The molecule has 0 fully saturated rings. The Labute approximate surface area is 66.0 Å². The maximum Gasteiger partial charge on any atom is 0.0633 e. The lowest BCUT2D eigenvalue weighted by Crippen LogP contribution is -1.93. The van der Waals surface area contributed by atoms with E-state index in [1.165, 1.54) is 0 Å². The van der Waals surface area contributed by atoms with Crippen LogP contribution in [0.25, 0.3) is 6.08 Å². The Morgan fingerprint density at radius 1 is 1.73 bits per heavy atom. The van der Waals surface area contributed by atoms with Crippen molar-refractivity contribution in [2.24, 2.45) is 7.05 Å². The third-order valence-electron chi connectivity index (χ3n) is 1.56. The third kappa shape index (κ3) is 1.68. The predicted octanol–water partition coefficient (Wildman–Crippen LogP) is 0.734. The van der Waals surface area contributed by atoms with Gasteiger partial charge in [0.2, 0.25) is 0 Å². The first-order valence-corrected chi connectivity index (χ1v) is 3.51. The number of aryl methyl sites for hydroxylation is 2. The average Bonchev–Trinajstić information content (AvgIpc) is 2.29. The normalized spacial score (nSPS) is 11.2. The van der Waals surface area contributed by atoms with Gasteiger partial charge in [-0.2, -0.15) is 5.10 Å². The summed E-state index contributed by atoms with van der Waals surface area (Å²) in [7, 11) is 1.88. The van der Waals surface area contributed by atoms with Crippen molar-refractivity contribution in [2.75, 3.05) is 6.61 Å². The van der Waals surface area contributed by atoms with Crippen molar-refractivity contribution in [1.82, 2.24) is 9.78 Å². The van der Waals surface area contributed by atoms with E-state index in [0.29, 0.717) is 0 Å². The highest BCUT2D eigenvalue weighted by Crippen LogP contribution is 2.06. The molecule has 1 aromatic heterocycles. The zero-order valence-corrected chi connectivity index (χ0v) is 6.78. The molecule has 1 N–H and O–H groups in total. The second-order valence-electron chi connectivity index (χ2n) is 2.42. The van der Waals surface area contributed by atoms with Gasteiger partial charge in [0.25, 0.3) is 0 Å². The van der Waals surface area contributed by atoms with Crippen molar-refractivity contribution in [3.8, 4) is 0 Å². The molecule has 0 radical (unpaired) electrons. The van der Waals surface area contributed by atoms with Crippen molar-refractivity contribution in [1.29, 1.82) is 0 Å². The highest BCUT2D eigenvalue weighted by Gasteiger charge is 1.97. The van der Waals surface area contributed by atoms with Crippen LogP contribution in [0.5, 0.6) is 0 Å². The van der Waals surface area contributed by atoms with E-state index in [4.69, 9.17) is 5.11 Å². The van der Waals surface area contributed by atoms with Gasteiger partial charge in [0.15, 0.2) is 0 Å². The van der Waals surface area contributed by atoms with E-state index in [0.717, 1.165) is 11.3 Å². The summed E-state index contributed by atoms with van der Waals surface area (Å²) in [6.45, 7) is 2.06. The van der Waals surface area contributed by atoms with Crippen molar-refractivity contribution in [3.63, 3.8) is 0 Å². The van der Waals surface area contributed by atoms with Gasteiger partial charge in [-0.1, -0.05) is 6.08 Å². The summed E-state index contributed by atoms with van der Waals surface area (Å²) in [5, 5.41) is 12.6. The van der Waals surface area contributed by atoms with Crippen LogP contribution in [0.15, 0.2) is 12.3 Å². The molecule has 0 saturated heterocycles. The molecular weight excluding hydrogens is 140 g/mol. The average molecular weight is 152 g/mol. The maximum absolute atomic E-state index is 8.53. The molecule has 1 rings (SSSR count). The zero-order valence-electron chi connectivity index (χ0n) is 6.78. The van der Waals surface area contributed by atoms with E-state index in [1.54, 1.807) is 17.0 Å². The molecule has 1 heterocycles. The van der Waals surface area contributed by atoms with E-state index in [2.05, 4.69) is 5.10 Å². The van der Waals surface area contributed by atoms with Crippen LogP contribution in [0.4, 0.5) is 0 Å². The number of hydrogen-bond acceptors (Lipinski definition) is 2. The summed E-state index contributed by atoms with van der Waals surface area (Å²) in [6, 6.07) is 0. The number of nitrogens with zero attached hydrogens (tertiary/aromatic N) is 2. The highest BCUT2D eigenvalue weighted by molar-refractivity contribution is 5.48. The maximum atomic E-state index is 8.53. The molecule has 0 bridgehead atoms. The van der Waals surface area contributed by atoms with Crippen molar-refractivity contribution in [3.05, 3.63) is 23.5 Å². The Morgan fingerprint density at radius 3 is 2.91 bits per heavy atom. The van der Waals surface area contributed by atoms with E-state index in [1.807, 2.05) is 20.0 Å². The Hall–Kier alpha value is -1.09. The Bertz CT molecular complexity index is 244. The van der Waals surface area contributed by atoms with Crippen molar-refractivity contribution in [2.45, 2.75) is 6.92 Å². The molecule has 0 aromatic carbocycles. The minimum absolute atomic E-state index is 0.0740. The Morgan fingerprint density at radius 2 is 2.45 bits per heavy atom. The van der Waals surface area contributed by atoms with E-state index >= 15 is 0 Å². The summed E-state index contributed by atoms with van der Waals surface area (Å²) in [4.78, 5) is 0. The number of hydrogen-bond donors (Lipinski definition) is 1. The molecule has 0 aliphatic heterocycles. The fourth-order valence-electron chi connectivity index (χ4n) is 0.960. The van der Waals surface area contributed by atoms with Crippen molar-refractivity contribution < 1.29 is 5.11 Å². The smallest absolute Gasteiger partial charge is 0.0633 e. The highest BCUT2D eigenvalue weighted by atomic mass is 16.2. The number of aliphatic hydroxyl groups excluding tert-OH is 1. The van der Waals surface area contributed by atoms with E-state index < -0.39 is 0 Å². The summed E-state index contributed by atoms with van der Waals surface area (Å²) in [5.74, 6) is 0. The molecule has 0 saturated carbocycles. The lowest BCUT2D eigenvalue weighted by molar-refractivity contribution is 0.343. The molecule has 0 spiro atoms. The van der Waals surface area contributed by atoms with E-state index in [9.17, 15) is 0 Å². The zero-order chi connectivity index (χ0) is 8.27. The number of rotatable bonds is 2. The molecule has 0 unspecified atom stereocenters. The fourth-order valence-corrected chi connectivity index (χ4v) is 0.960. The molecule has 0 atom stereocenters. The Balaban J connectivity index is 2.92. The largest absolute Gasteiger partial charge is 0.392 e. The topological polar surface area (TPSA) is 38.0 Å². The second-order valence-corrected chi connectivity index (χ2v) is 2.42. The lowest BCUT2D eigenvalue weighted by Gasteiger charge is -1.94. The van der Waals surface area contributed by atoms with E-state index in [-0.39, 0.29) is 6.61 Å². The van der Waals surface area contributed by atoms with Gasteiger partial charge < -0.3 is 5.11 Å². The second kappa shape index (κ2) is 3.34. The molecule has 1 aromatic rings. The first kappa shape index (κ1) is 8.01. The Kier molecular flexibility index (Phi) is 2.44. The number of aliphatic hydroxyl groups is 1. The standard InChI is InChI=1S/C8H12N2O/c1-7-6-9-10(2)8(7)4-3-5-11/h3-4,6,11H,5H2,1-2H3/b4-3+. The molecule has 11 heavy (non-hydrogen) atoms. The summed E-state index contributed by atoms with van der Waals surface area (Å²) >= 11 is 0. The van der Waals surface area contributed by atoms with Gasteiger partial charge >= 0.3 is 0 Å². The van der Waals surface area contributed by atoms with Gasteiger partial charge in [0.05, 0.1) is 18.5 Å². The lowest BCUT2D eigenvalue weighted by atomic mass is 10.2. The predicted molar refractivity (Wildman–Crippen MR) is 44.1 cm³/mol. The van der Waals surface area contributed by atoms with Crippen LogP contribution in [0.2, 0.25) is 0 Å². The van der Waals surface area contributed by atoms with Gasteiger partial charge in [-0.3, -0.25) is 4.68 Å². The number of aromatic nitrogens is 2. The molecule has 3 nitrogen and oxygen atoms in total. The molecule has 0 amide bonds. The van der Waals surface area contributed by atoms with Crippen LogP contribution < -0.4 is 0 Å². The van der Waals surface area contributed by atoms with Crippen LogP contribution in [0.1, 0.15) is 11.3 Å². The molecule has 0 aliphatic carbocycles. The SMILES string of the molecule is Cc1cnn(C)c1/C=C/CO. The first-order chi connectivity index (χ1) is 5.25. The minimum Gasteiger partial charge on any atom is -0.392 e. The minimum atomic E-state index is 0.0740. The fraction of sp³-hybridized carbons (Fsp3) is 0.375. The van der Waals surface area contributed by atoms with Gasteiger partial charge in [-0.25, -0.2) is 0 Å². The van der Waals surface area contributed by atoms with Gasteiger partial charge in [-0.05, 0) is 18.6 Å².